The Hall–Kier alpha value is -2.45. The molecule has 0 fully saturated rings. The predicted molar refractivity (Wildman–Crippen MR) is 143 cm³/mol. The number of nitrogens with two attached hydrogens (primary N) is 1. The van der Waals surface area contributed by atoms with Gasteiger partial charge in [0, 0.05) is 33.6 Å². The van der Waals surface area contributed by atoms with E-state index in [2.05, 4.69) is 10.3 Å². The van der Waals surface area contributed by atoms with E-state index < -0.39 is 0 Å². The lowest BCUT2D eigenvalue weighted by Crippen LogP contribution is -2.36. The van der Waals surface area contributed by atoms with Gasteiger partial charge in [-0.1, -0.05) is 58.7 Å². The number of pyridine rings is 1. The predicted octanol–water partition coefficient (Wildman–Crippen LogP) is 5.78. The summed E-state index contributed by atoms with van der Waals surface area (Å²) in [4.78, 5) is 24.1. The van der Waals surface area contributed by atoms with Gasteiger partial charge in [0.05, 0.1) is 29.7 Å². The van der Waals surface area contributed by atoms with Crippen molar-refractivity contribution in [3.63, 3.8) is 0 Å². The van der Waals surface area contributed by atoms with Gasteiger partial charge in [-0.3, -0.25) is 14.8 Å². The van der Waals surface area contributed by atoms with Gasteiger partial charge in [0.25, 0.3) is 0 Å². The molecule has 3 aromatic rings. The summed E-state index contributed by atoms with van der Waals surface area (Å²) in [7, 11) is 0. The maximum absolute atomic E-state index is 12.8. The van der Waals surface area contributed by atoms with Gasteiger partial charge in [0.1, 0.15) is 0 Å². The standard InChI is InChI=1S/C24H22Cl3N5OS/c25-16-5-4-15(20(27)10-16)9-19-12-32(24(30-19)34-14-18-3-1-2-8-29-18)13-23(33)31-22-11-17(26)6-7-21(22)28/h1-8,10-11,19H,9,12-14,28H2,(H,31,33). The largest absolute Gasteiger partial charge is 0.397 e. The number of hydrogen-bond donors (Lipinski definition) is 2. The van der Waals surface area contributed by atoms with Gasteiger partial charge in [0.15, 0.2) is 5.17 Å². The average molecular weight is 535 g/mol. The van der Waals surface area contributed by atoms with E-state index in [1.807, 2.05) is 35.2 Å². The lowest BCUT2D eigenvalue weighted by atomic mass is 10.1. The van der Waals surface area contributed by atoms with Crippen molar-refractivity contribution in [1.82, 2.24) is 9.88 Å². The van der Waals surface area contributed by atoms with Crippen molar-refractivity contribution < 1.29 is 4.79 Å². The average Bonchev–Trinajstić information content (AvgIpc) is 3.18. The summed E-state index contributed by atoms with van der Waals surface area (Å²) in [6.07, 6.45) is 2.40. The minimum absolute atomic E-state index is 0.0473. The van der Waals surface area contributed by atoms with E-state index in [4.69, 9.17) is 45.5 Å². The smallest absolute Gasteiger partial charge is 0.244 e. The number of carbonyl (C=O) groups excluding carboxylic acids is 1. The molecule has 0 radical (unpaired) electrons. The van der Waals surface area contributed by atoms with Crippen LogP contribution in [-0.2, 0) is 17.0 Å². The highest BCUT2D eigenvalue weighted by Gasteiger charge is 2.28. The molecule has 10 heteroatoms. The molecular weight excluding hydrogens is 513 g/mol. The first-order valence-electron chi connectivity index (χ1n) is 10.5. The molecule has 4 rings (SSSR count). The highest BCUT2D eigenvalue weighted by atomic mass is 35.5. The molecule has 1 aliphatic heterocycles. The summed E-state index contributed by atoms with van der Waals surface area (Å²) in [6, 6.07) is 16.2. The number of carbonyl (C=O) groups is 1. The zero-order chi connectivity index (χ0) is 24.1. The summed E-state index contributed by atoms with van der Waals surface area (Å²) in [5.74, 6) is 0.443. The Bertz CT molecular complexity index is 1210. The molecule has 34 heavy (non-hydrogen) atoms. The number of nitrogens with one attached hydrogen (secondary N) is 1. The van der Waals surface area contributed by atoms with Crippen LogP contribution in [0.2, 0.25) is 15.1 Å². The molecule has 0 saturated heterocycles. The fraction of sp³-hybridized carbons (Fsp3) is 0.208. The fourth-order valence-electron chi connectivity index (χ4n) is 3.54. The lowest BCUT2D eigenvalue weighted by Gasteiger charge is -2.20. The normalized spacial score (nSPS) is 15.3. The summed E-state index contributed by atoms with van der Waals surface area (Å²) in [5, 5.41) is 5.34. The third-order valence-corrected chi connectivity index (χ3v) is 7.05. The molecule has 1 aromatic heterocycles. The van der Waals surface area contributed by atoms with Crippen LogP contribution < -0.4 is 11.1 Å². The Morgan fingerprint density at radius 3 is 2.68 bits per heavy atom. The van der Waals surface area contributed by atoms with Gasteiger partial charge in [-0.05, 0) is 54.4 Å². The van der Waals surface area contributed by atoms with Crippen molar-refractivity contribution in [2.45, 2.75) is 18.2 Å². The molecule has 3 N–H and O–H groups in total. The van der Waals surface area contributed by atoms with E-state index in [9.17, 15) is 4.79 Å². The molecule has 6 nitrogen and oxygen atoms in total. The maximum atomic E-state index is 12.8. The second-order valence-electron chi connectivity index (χ2n) is 7.78. The van der Waals surface area contributed by atoms with Gasteiger partial charge >= 0.3 is 0 Å². The molecule has 0 spiro atoms. The molecule has 0 saturated carbocycles. The molecule has 1 unspecified atom stereocenters. The third kappa shape index (κ3) is 6.57. The third-order valence-electron chi connectivity index (χ3n) is 5.16. The Labute approximate surface area is 217 Å². The van der Waals surface area contributed by atoms with Crippen LogP contribution in [0.4, 0.5) is 11.4 Å². The van der Waals surface area contributed by atoms with E-state index in [1.54, 1.807) is 42.2 Å². The quantitative estimate of drug-likeness (QED) is 0.376. The van der Waals surface area contributed by atoms with Crippen LogP contribution in [0.3, 0.4) is 0 Å². The number of aliphatic imine (C=N–C) groups is 1. The number of rotatable bonds is 7. The second-order valence-corrected chi connectivity index (χ2v) is 10.00. The van der Waals surface area contributed by atoms with E-state index in [1.165, 1.54) is 0 Å². The van der Waals surface area contributed by atoms with Crippen LogP contribution in [0.1, 0.15) is 11.3 Å². The van der Waals surface area contributed by atoms with Crippen molar-refractivity contribution >= 4 is 69.0 Å². The van der Waals surface area contributed by atoms with Crippen molar-refractivity contribution in [1.29, 1.82) is 0 Å². The van der Waals surface area contributed by atoms with E-state index >= 15 is 0 Å². The first-order valence-corrected chi connectivity index (χ1v) is 12.6. The molecule has 0 bridgehead atoms. The number of halogens is 3. The summed E-state index contributed by atoms with van der Waals surface area (Å²) in [5.41, 5.74) is 8.82. The van der Waals surface area contributed by atoms with Crippen molar-refractivity contribution in [3.8, 4) is 0 Å². The minimum atomic E-state index is -0.203. The van der Waals surface area contributed by atoms with Crippen molar-refractivity contribution in [2.24, 2.45) is 4.99 Å². The van der Waals surface area contributed by atoms with Gasteiger partial charge in [-0.15, -0.1) is 0 Å². The minimum Gasteiger partial charge on any atom is -0.397 e. The molecule has 1 atom stereocenters. The summed E-state index contributed by atoms with van der Waals surface area (Å²) >= 11 is 20.0. The number of nitrogens with zero attached hydrogens (tertiary/aromatic N) is 3. The monoisotopic (exact) mass is 533 g/mol. The Kier molecular flexibility index (Phi) is 8.21. The number of aromatic nitrogens is 1. The van der Waals surface area contributed by atoms with E-state index in [0.717, 1.165) is 16.4 Å². The molecule has 1 amide bonds. The Balaban J connectivity index is 1.47. The number of nitrogen functional groups attached to an aromatic ring is 1. The number of amidine groups is 1. The van der Waals surface area contributed by atoms with Crippen LogP contribution in [0.15, 0.2) is 65.8 Å². The van der Waals surface area contributed by atoms with Gasteiger partial charge < -0.3 is 16.0 Å². The van der Waals surface area contributed by atoms with Crippen LogP contribution in [0.25, 0.3) is 0 Å². The first-order chi connectivity index (χ1) is 16.4. The summed E-state index contributed by atoms with van der Waals surface area (Å²) < 4.78 is 0. The van der Waals surface area contributed by atoms with Gasteiger partial charge in [-0.2, -0.15) is 0 Å². The number of anilines is 2. The number of hydrogen-bond acceptors (Lipinski definition) is 6. The van der Waals surface area contributed by atoms with Crippen LogP contribution in [-0.4, -0.2) is 40.1 Å². The lowest BCUT2D eigenvalue weighted by molar-refractivity contribution is -0.116. The highest BCUT2D eigenvalue weighted by Crippen LogP contribution is 2.28. The Morgan fingerprint density at radius 1 is 1.12 bits per heavy atom. The molecule has 1 aliphatic rings. The highest BCUT2D eigenvalue weighted by molar-refractivity contribution is 8.13. The molecule has 2 aromatic carbocycles. The number of amides is 1. The molecule has 2 heterocycles. The second kappa shape index (κ2) is 11.3. The van der Waals surface area contributed by atoms with Crippen molar-refractivity contribution in [3.05, 3.63) is 87.1 Å². The number of thioether (sulfide) groups is 1. The first kappa shape index (κ1) is 24.7. The topological polar surface area (TPSA) is 83.6 Å². The van der Waals surface area contributed by atoms with Crippen LogP contribution in [0, 0.1) is 0 Å². The van der Waals surface area contributed by atoms with Gasteiger partial charge in [-0.25, -0.2) is 0 Å². The molecule has 0 aliphatic carbocycles. The fourth-order valence-corrected chi connectivity index (χ4v) is 5.20. The molecular formula is C24H22Cl3N5OS. The Morgan fingerprint density at radius 2 is 1.91 bits per heavy atom. The SMILES string of the molecule is Nc1ccc(Cl)cc1NC(=O)CN1CC(Cc2ccc(Cl)cc2Cl)N=C1SCc1ccccn1. The summed E-state index contributed by atoms with van der Waals surface area (Å²) in [6.45, 7) is 0.715. The van der Waals surface area contributed by atoms with E-state index in [0.29, 0.717) is 45.2 Å². The number of benzene rings is 2. The van der Waals surface area contributed by atoms with Crippen molar-refractivity contribution in [2.75, 3.05) is 24.1 Å². The molecule has 176 valence electrons. The zero-order valence-electron chi connectivity index (χ0n) is 18.0. The van der Waals surface area contributed by atoms with E-state index in [-0.39, 0.29) is 18.5 Å². The maximum Gasteiger partial charge on any atom is 0.244 e. The van der Waals surface area contributed by atoms with Gasteiger partial charge in [0.2, 0.25) is 5.91 Å². The van der Waals surface area contributed by atoms with Crippen LogP contribution in [0.5, 0.6) is 0 Å². The van der Waals surface area contributed by atoms with Crippen LogP contribution >= 0.6 is 46.6 Å². The zero-order valence-corrected chi connectivity index (χ0v) is 21.1.